The Hall–Kier alpha value is -3.64. The summed E-state index contributed by atoms with van der Waals surface area (Å²) in [6, 6.07) is 7.92. The van der Waals surface area contributed by atoms with Gasteiger partial charge in [0.05, 0.1) is 17.6 Å². The number of sulfonamides is 1. The van der Waals surface area contributed by atoms with Gasteiger partial charge in [0, 0.05) is 18.0 Å². The van der Waals surface area contributed by atoms with Crippen LogP contribution in [0.2, 0.25) is 0 Å². The molecule has 1 atom stereocenters. The number of aliphatic imine (C=N–C) groups is 1. The first-order chi connectivity index (χ1) is 16.4. The van der Waals surface area contributed by atoms with Crippen LogP contribution < -0.4 is 14.8 Å². The maximum atomic E-state index is 12.8. The SMILES string of the molecule is CC(=N[C@@H](CS(=O)(=O)Cc1ccccc1OC(F)F)C(=O)NCC#N)NS(=O)(=O)c1cccnc1. The number of pyridine rings is 1. The number of nitrogens with zero attached hydrogens (tertiary/aromatic N) is 3. The third kappa shape index (κ3) is 8.91. The molecule has 2 rings (SSSR count). The molecule has 11 nitrogen and oxygen atoms in total. The van der Waals surface area contributed by atoms with Gasteiger partial charge in [0.1, 0.15) is 29.1 Å². The van der Waals surface area contributed by atoms with Crippen molar-refractivity contribution in [1.29, 1.82) is 5.26 Å². The number of hydrogen-bond donors (Lipinski definition) is 2. The standard InChI is InChI=1S/C20H21F2N5O6S2/c1-14(27-35(31,32)16-6-4-9-24-11-16)26-17(19(28)25-10-8-23)13-34(29,30)12-15-5-2-3-7-18(15)33-20(21)22/h2-7,9,11,17,20H,10,12-13H2,1H3,(H,25,28)(H,26,27)/t17-/m0/s1. The largest absolute Gasteiger partial charge is 0.435 e. The van der Waals surface area contributed by atoms with Crippen molar-refractivity contribution in [3.63, 3.8) is 0 Å². The summed E-state index contributed by atoms with van der Waals surface area (Å²) in [5.74, 6) is -3.26. The molecular formula is C20H21F2N5O6S2. The van der Waals surface area contributed by atoms with E-state index in [1.807, 2.05) is 0 Å². The maximum Gasteiger partial charge on any atom is 0.387 e. The molecule has 0 saturated carbocycles. The van der Waals surface area contributed by atoms with E-state index < -0.39 is 56.5 Å². The lowest BCUT2D eigenvalue weighted by Crippen LogP contribution is -2.40. The van der Waals surface area contributed by atoms with Crippen LogP contribution in [0.1, 0.15) is 12.5 Å². The highest BCUT2D eigenvalue weighted by Gasteiger charge is 2.27. The first-order valence-corrected chi connectivity index (χ1v) is 13.1. The van der Waals surface area contributed by atoms with Crippen molar-refractivity contribution in [3.8, 4) is 11.8 Å². The number of hydrogen-bond acceptors (Lipinski definition) is 9. The molecule has 0 aliphatic heterocycles. The van der Waals surface area contributed by atoms with Crippen LogP contribution in [0.4, 0.5) is 8.78 Å². The van der Waals surface area contributed by atoms with E-state index in [1.54, 1.807) is 6.07 Å². The summed E-state index contributed by atoms with van der Waals surface area (Å²) < 4.78 is 82.3. The molecule has 0 fully saturated rings. The molecule has 2 aromatic rings. The van der Waals surface area contributed by atoms with Crippen LogP contribution >= 0.6 is 0 Å². The molecule has 0 saturated heterocycles. The number of carbonyl (C=O) groups is 1. The van der Waals surface area contributed by atoms with Crippen molar-refractivity contribution in [2.24, 2.45) is 4.99 Å². The predicted molar refractivity (Wildman–Crippen MR) is 121 cm³/mol. The number of amidine groups is 1. The van der Waals surface area contributed by atoms with Gasteiger partial charge in [0.15, 0.2) is 9.84 Å². The fraction of sp³-hybridized carbons (Fsp3) is 0.300. The lowest BCUT2D eigenvalue weighted by atomic mass is 10.2. The van der Waals surface area contributed by atoms with E-state index in [0.717, 1.165) is 6.20 Å². The zero-order chi connectivity index (χ0) is 26.1. The van der Waals surface area contributed by atoms with E-state index in [2.05, 4.69) is 24.8 Å². The number of amides is 1. The Balaban J connectivity index is 2.29. The second-order valence-electron chi connectivity index (χ2n) is 6.94. The monoisotopic (exact) mass is 529 g/mol. The number of halogens is 2. The Labute approximate surface area is 200 Å². The second-order valence-corrected chi connectivity index (χ2v) is 10.7. The van der Waals surface area contributed by atoms with Crippen molar-refractivity contribution in [2.45, 2.75) is 30.2 Å². The van der Waals surface area contributed by atoms with Crippen molar-refractivity contribution < 1.29 is 35.1 Å². The minimum absolute atomic E-state index is 0.0676. The molecule has 0 aliphatic carbocycles. The first-order valence-electron chi connectivity index (χ1n) is 9.78. The Bertz CT molecular complexity index is 1310. The van der Waals surface area contributed by atoms with Crippen molar-refractivity contribution in [1.82, 2.24) is 15.0 Å². The molecule has 1 aromatic heterocycles. The number of carbonyl (C=O) groups excluding carboxylic acids is 1. The van der Waals surface area contributed by atoms with Gasteiger partial charge < -0.3 is 10.1 Å². The van der Waals surface area contributed by atoms with Gasteiger partial charge in [0.25, 0.3) is 10.0 Å². The molecule has 2 N–H and O–H groups in total. The van der Waals surface area contributed by atoms with E-state index in [4.69, 9.17) is 5.26 Å². The van der Waals surface area contributed by atoms with Crippen LogP contribution in [-0.2, 0) is 30.4 Å². The van der Waals surface area contributed by atoms with Gasteiger partial charge in [0.2, 0.25) is 5.91 Å². The minimum atomic E-state index is -4.17. The summed E-state index contributed by atoms with van der Waals surface area (Å²) in [5, 5.41) is 10.9. The molecule has 0 radical (unpaired) electrons. The fourth-order valence-electron chi connectivity index (χ4n) is 2.81. The van der Waals surface area contributed by atoms with Crippen LogP contribution in [-0.4, -0.2) is 58.5 Å². The van der Waals surface area contributed by atoms with E-state index in [0.29, 0.717) is 0 Å². The van der Waals surface area contributed by atoms with Crippen molar-refractivity contribution >= 4 is 31.6 Å². The van der Waals surface area contributed by atoms with E-state index in [-0.39, 0.29) is 22.0 Å². The normalized spacial score (nSPS) is 13.1. The molecule has 0 unspecified atom stereocenters. The van der Waals surface area contributed by atoms with Gasteiger partial charge in [-0.2, -0.15) is 14.0 Å². The Kier molecular flexibility index (Phi) is 9.60. The van der Waals surface area contributed by atoms with E-state index in [9.17, 15) is 30.4 Å². The molecular weight excluding hydrogens is 508 g/mol. The quantitative estimate of drug-likeness (QED) is 0.247. The van der Waals surface area contributed by atoms with Crippen LogP contribution in [0.5, 0.6) is 5.75 Å². The molecule has 15 heteroatoms. The lowest BCUT2D eigenvalue weighted by molar-refractivity contribution is -0.121. The Morgan fingerprint density at radius 1 is 1.20 bits per heavy atom. The predicted octanol–water partition coefficient (Wildman–Crippen LogP) is 1.00. The summed E-state index contributed by atoms with van der Waals surface area (Å²) in [5.41, 5.74) is -0.0676. The van der Waals surface area contributed by atoms with Gasteiger partial charge in [-0.1, -0.05) is 18.2 Å². The van der Waals surface area contributed by atoms with Gasteiger partial charge in [-0.3, -0.25) is 19.5 Å². The molecule has 1 aromatic carbocycles. The number of nitrogens with one attached hydrogen (secondary N) is 2. The minimum Gasteiger partial charge on any atom is -0.435 e. The van der Waals surface area contributed by atoms with Crippen LogP contribution in [0.3, 0.4) is 0 Å². The highest BCUT2D eigenvalue weighted by atomic mass is 32.2. The van der Waals surface area contributed by atoms with Crippen LogP contribution in [0.15, 0.2) is 58.7 Å². The van der Waals surface area contributed by atoms with E-state index in [1.165, 1.54) is 49.5 Å². The highest BCUT2D eigenvalue weighted by Crippen LogP contribution is 2.23. The van der Waals surface area contributed by atoms with Gasteiger partial charge in [-0.05, 0) is 25.1 Å². The number of sulfone groups is 1. The average Bonchev–Trinajstić information content (AvgIpc) is 2.78. The van der Waals surface area contributed by atoms with E-state index >= 15 is 0 Å². The number of rotatable bonds is 11. The molecule has 0 spiro atoms. The smallest absolute Gasteiger partial charge is 0.387 e. The van der Waals surface area contributed by atoms with Crippen LogP contribution in [0.25, 0.3) is 0 Å². The third-order valence-electron chi connectivity index (χ3n) is 4.20. The summed E-state index contributed by atoms with van der Waals surface area (Å²) in [6.07, 6.45) is 2.45. The molecule has 0 bridgehead atoms. The van der Waals surface area contributed by atoms with Crippen molar-refractivity contribution in [3.05, 3.63) is 54.4 Å². The zero-order valence-corrected chi connectivity index (χ0v) is 19.9. The summed E-state index contributed by atoms with van der Waals surface area (Å²) in [4.78, 5) is 19.9. The highest BCUT2D eigenvalue weighted by molar-refractivity contribution is 7.90. The number of benzene rings is 1. The maximum absolute atomic E-state index is 12.8. The van der Waals surface area contributed by atoms with Crippen molar-refractivity contribution in [2.75, 3.05) is 12.3 Å². The zero-order valence-electron chi connectivity index (χ0n) is 18.3. The van der Waals surface area contributed by atoms with Gasteiger partial charge in [-0.25, -0.2) is 16.8 Å². The second kappa shape index (κ2) is 12.2. The number of nitriles is 1. The number of alkyl halides is 2. The molecule has 35 heavy (non-hydrogen) atoms. The molecule has 1 heterocycles. The summed E-state index contributed by atoms with van der Waals surface area (Å²) in [7, 11) is -8.29. The number of ether oxygens (including phenoxy) is 1. The average molecular weight is 530 g/mol. The molecule has 188 valence electrons. The first kappa shape index (κ1) is 27.6. The topological polar surface area (TPSA) is 168 Å². The van der Waals surface area contributed by atoms with Crippen LogP contribution in [0, 0.1) is 11.3 Å². The molecule has 1 amide bonds. The molecule has 0 aliphatic rings. The van der Waals surface area contributed by atoms with Gasteiger partial charge in [-0.15, -0.1) is 0 Å². The summed E-state index contributed by atoms with van der Waals surface area (Å²) >= 11 is 0. The Morgan fingerprint density at radius 3 is 2.54 bits per heavy atom. The Morgan fingerprint density at radius 2 is 1.91 bits per heavy atom. The number of aromatic nitrogens is 1. The lowest BCUT2D eigenvalue weighted by Gasteiger charge is -2.16. The third-order valence-corrected chi connectivity index (χ3v) is 7.20. The van der Waals surface area contributed by atoms with Gasteiger partial charge >= 0.3 is 6.61 Å². The number of para-hydroxylation sites is 1. The summed E-state index contributed by atoms with van der Waals surface area (Å²) in [6.45, 7) is -2.42. The fourth-order valence-corrected chi connectivity index (χ4v) is 5.36.